The van der Waals surface area contributed by atoms with Crippen molar-refractivity contribution < 1.29 is 19.1 Å². The van der Waals surface area contributed by atoms with Crippen LogP contribution in [-0.4, -0.2) is 31.1 Å². The molecule has 6 nitrogen and oxygen atoms in total. The van der Waals surface area contributed by atoms with E-state index >= 15 is 0 Å². The molecule has 0 unspecified atom stereocenters. The lowest BCUT2D eigenvalue weighted by Crippen LogP contribution is -2.32. The van der Waals surface area contributed by atoms with Crippen molar-refractivity contribution in [3.8, 4) is 21.8 Å². The summed E-state index contributed by atoms with van der Waals surface area (Å²) in [6.07, 6.45) is 0. The molecule has 1 aliphatic rings. The molecule has 0 bridgehead atoms. The van der Waals surface area contributed by atoms with E-state index in [1.54, 1.807) is 26.0 Å². The zero-order chi connectivity index (χ0) is 25.3. The van der Waals surface area contributed by atoms with Gasteiger partial charge in [0.2, 0.25) is 0 Å². The number of hydrogen-bond donors (Lipinski definition) is 1. The molecule has 9 heteroatoms. The van der Waals surface area contributed by atoms with Gasteiger partial charge >= 0.3 is 11.9 Å². The first-order valence-electron chi connectivity index (χ1n) is 10.6. The van der Waals surface area contributed by atoms with E-state index in [2.05, 4.69) is 5.32 Å². The first-order valence-corrected chi connectivity index (χ1v) is 12.3. The molecule has 1 aromatic heterocycles. The number of ether oxygens (including phenoxy) is 2. The van der Waals surface area contributed by atoms with Gasteiger partial charge in [0.05, 0.1) is 42.0 Å². The molecule has 4 rings (SSSR count). The second kappa shape index (κ2) is 10.2. The van der Waals surface area contributed by atoms with Gasteiger partial charge in [-0.3, -0.25) is 0 Å². The van der Waals surface area contributed by atoms with Crippen LogP contribution in [0.15, 0.2) is 70.4 Å². The lowest BCUT2D eigenvalue weighted by molar-refractivity contribution is -0.137. The minimum Gasteiger partial charge on any atom is -0.466 e. The van der Waals surface area contributed by atoms with Crippen molar-refractivity contribution in [3.63, 3.8) is 0 Å². The van der Waals surface area contributed by atoms with Crippen LogP contribution in [0.5, 0.6) is 0 Å². The number of carbonyl (C=O) groups is 2. The average Bonchev–Trinajstić information content (AvgIpc) is 3.32. The molecular formula is C26H22Cl2N2O4S. The topological polar surface area (TPSA) is 77.5 Å². The number of thiazole rings is 1. The van der Waals surface area contributed by atoms with Gasteiger partial charge in [-0.05, 0) is 37.6 Å². The van der Waals surface area contributed by atoms with Gasteiger partial charge in [0.15, 0.2) is 0 Å². The highest BCUT2D eigenvalue weighted by Gasteiger charge is 2.39. The third-order valence-corrected chi connectivity index (χ3v) is 7.21. The van der Waals surface area contributed by atoms with Crippen molar-refractivity contribution in [3.05, 3.63) is 86.0 Å². The number of esters is 2. The summed E-state index contributed by atoms with van der Waals surface area (Å²) in [7, 11) is 2.63. The van der Waals surface area contributed by atoms with E-state index in [0.717, 1.165) is 16.7 Å². The summed E-state index contributed by atoms with van der Waals surface area (Å²) in [6.45, 7) is 3.56. The van der Waals surface area contributed by atoms with Crippen molar-refractivity contribution in [1.82, 2.24) is 10.3 Å². The Labute approximate surface area is 217 Å². The van der Waals surface area contributed by atoms with Crippen LogP contribution in [0.2, 0.25) is 10.0 Å². The quantitative estimate of drug-likeness (QED) is 0.388. The molecule has 0 aliphatic carbocycles. The van der Waals surface area contributed by atoms with Gasteiger partial charge in [-0.1, -0.05) is 47.5 Å². The predicted molar refractivity (Wildman–Crippen MR) is 138 cm³/mol. The monoisotopic (exact) mass is 528 g/mol. The molecule has 0 atom stereocenters. The molecule has 2 heterocycles. The minimum atomic E-state index is -0.709. The number of benzene rings is 2. The molecule has 1 aliphatic heterocycles. The Bertz CT molecular complexity index is 1360. The Kier molecular flexibility index (Phi) is 7.31. The van der Waals surface area contributed by atoms with Crippen LogP contribution in [-0.2, 0) is 19.1 Å². The third kappa shape index (κ3) is 4.72. The number of allylic oxidation sites excluding steroid dienone is 2. The van der Waals surface area contributed by atoms with E-state index in [0.29, 0.717) is 43.3 Å². The van der Waals surface area contributed by atoms with Crippen LogP contribution in [0.1, 0.15) is 25.3 Å². The Balaban J connectivity index is 1.90. The van der Waals surface area contributed by atoms with Crippen LogP contribution in [0.3, 0.4) is 0 Å². The molecule has 35 heavy (non-hydrogen) atoms. The summed E-state index contributed by atoms with van der Waals surface area (Å²) < 4.78 is 10.2. The predicted octanol–water partition coefficient (Wildman–Crippen LogP) is 6.36. The maximum Gasteiger partial charge on any atom is 0.336 e. The Morgan fingerprint density at radius 2 is 1.57 bits per heavy atom. The standard InChI is InChI=1S/C26H22Cl2N2O4S/c1-13-21(25(31)33-3)23(22(14(2)29-13)26(32)34-4)16-7-5-6-8-17(16)24-30-20(12-35-24)18-10-9-15(27)11-19(18)28/h5-12,23,29H,1-4H3. The number of rotatable bonds is 5. The maximum absolute atomic E-state index is 12.9. The van der Waals surface area contributed by atoms with Crippen LogP contribution in [0.25, 0.3) is 21.8 Å². The molecule has 1 N–H and O–H groups in total. The molecule has 2 aromatic carbocycles. The van der Waals surface area contributed by atoms with E-state index < -0.39 is 17.9 Å². The molecule has 0 saturated carbocycles. The number of hydrogen-bond acceptors (Lipinski definition) is 7. The Hall–Kier alpha value is -3.13. The fourth-order valence-electron chi connectivity index (χ4n) is 4.23. The highest BCUT2D eigenvalue weighted by Crippen LogP contribution is 2.44. The second-order valence-corrected chi connectivity index (χ2v) is 9.57. The molecule has 0 radical (unpaired) electrons. The van der Waals surface area contributed by atoms with Crippen molar-refractivity contribution in [2.24, 2.45) is 0 Å². The van der Waals surface area contributed by atoms with Crippen LogP contribution in [0, 0.1) is 0 Å². The minimum absolute atomic E-state index is 0.337. The molecule has 0 amide bonds. The summed E-state index contributed by atoms with van der Waals surface area (Å²) in [4.78, 5) is 30.6. The van der Waals surface area contributed by atoms with Gasteiger partial charge in [-0.2, -0.15) is 0 Å². The number of aromatic nitrogens is 1. The van der Waals surface area contributed by atoms with E-state index in [1.165, 1.54) is 25.6 Å². The Morgan fingerprint density at radius 3 is 2.17 bits per heavy atom. The van der Waals surface area contributed by atoms with Gasteiger partial charge in [0.25, 0.3) is 0 Å². The zero-order valence-electron chi connectivity index (χ0n) is 19.4. The van der Waals surface area contributed by atoms with Crippen molar-refractivity contribution in [2.75, 3.05) is 14.2 Å². The van der Waals surface area contributed by atoms with Gasteiger partial charge in [0, 0.05) is 32.9 Å². The van der Waals surface area contributed by atoms with Gasteiger partial charge in [-0.25, -0.2) is 14.6 Å². The highest BCUT2D eigenvalue weighted by molar-refractivity contribution is 7.13. The number of carbonyl (C=O) groups excluding carboxylic acids is 2. The summed E-state index contributed by atoms with van der Waals surface area (Å²) >= 11 is 13.9. The smallest absolute Gasteiger partial charge is 0.336 e. The van der Waals surface area contributed by atoms with Crippen LogP contribution < -0.4 is 5.32 Å². The van der Waals surface area contributed by atoms with Crippen LogP contribution in [0.4, 0.5) is 0 Å². The van der Waals surface area contributed by atoms with E-state index in [9.17, 15) is 9.59 Å². The number of halogens is 2. The van der Waals surface area contributed by atoms with Gasteiger partial charge < -0.3 is 14.8 Å². The first-order chi connectivity index (χ1) is 16.8. The molecule has 3 aromatic rings. The third-order valence-electron chi connectivity index (χ3n) is 5.78. The van der Waals surface area contributed by atoms with E-state index in [1.807, 2.05) is 35.7 Å². The number of methoxy groups -OCH3 is 2. The first kappa shape index (κ1) is 25.0. The van der Waals surface area contributed by atoms with Crippen molar-refractivity contribution in [2.45, 2.75) is 19.8 Å². The number of nitrogens with one attached hydrogen (secondary N) is 1. The van der Waals surface area contributed by atoms with Crippen molar-refractivity contribution in [1.29, 1.82) is 0 Å². The molecule has 0 saturated heterocycles. The maximum atomic E-state index is 12.9. The molecule has 180 valence electrons. The zero-order valence-corrected chi connectivity index (χ0v) is 21.8. The fraction of sp³-hybridized carbons (Fsp3) is 0.192. The normalized spacial score (nSPS) is 14.1. The highest BCUT2D eigenvalue weighted by atomic mass is 35.5. The fourth-order valence-corrected chi connectivity index (χ4v) is 5.60. The SMILES string of the molecule is COC(=O)C1=C(C)NC(C)=C(C(=O)OC)C1c1ccccc1-c1nc(-c2ccc(Cl)cc2Cl)cs1. The van der Waals surface area contributed by atoms with Crippen molar-refractivity contribution >= 4 is 46.5 Å². The average molecular weight is 529 g/mol. The van der Waals surface area contributed by atoms with E-state index in [4.69, 9.17) is 37.7 Å². The number of dihydropyridines is 1. The largest absolute Gasteiger partial charge is 0.466 e. The summed E-state index contributed by atoms with van der Waals surface area (Å²) in [5.41, 5.74) is 4.86. The lowest BCUT2D eigenvalue weighted by Gasteiger charge is -2.31. The second-order valence-electron chi connectivity index (χ2n) is 7.87. The van der Waals surface area contributed by atoms with E-state index in [-0.39, 0.29) is 0 Å². The van der Waals surface area contributed by atoms with Gasteiger partial charge in [-0.15, -0.1) is 11.3 Å². The number of nitrogens with zero attached hydrogens (tertiary/aromatic N) is 1. The molecule has 0 spiro atoms. The lowest BCUT2D eigenvalue weighted by atomic mass is 9.78. The Morgan fingerprint density at radius 1 is 0.943 bits per heavy atom. The molecule has 0 fully saturated rings. The summed E-state index contributed by atoms with van der Waals surface area (Å²) in [5.74, 6) is -1.77. The van der Waals surface area contributed by atoms with Gasteiger partial charge in [0.1, 0.15) is 5.01 Å². The summed E-state index contributed by atoms with van der Waals surface area (Å²) in [5, 5.41) is 6.79. The van der Waals surface area contributed by atoms with Crippen LogP contribution >= 0.6 is 34.5 Å². The molecular weight excluding hydrogens is 507 g/mol. The summed E-state index contributed by atoms with van der Waals surface area (Å²) in [6, 6.07) is 12.8.